The first-order chi connectivity index (χ1) is 12.6. The van der Waals surface area contributed by atoms with Crippen molar-refractivity contribution in [3.63, 3.8) is 0 Å². The summed E-state index contributed by atoms with van der Waals surface area (Å²) < 4.78 is 5.54. The molecule has 6 heteroatoms. The zero-order valence-corrected chi connectivity index (χ0v) is 14.8. The van der Waals surface area contributed by atoms with Crippen LogP contribution in [0.5, 0.6) is 0 Å². The Morgan fingerprint density at radius 3 is 2.31 bits per heavy atom. The molecular formula is C20H23N3O3. The standard InChI is InChI=1S/C20H23N3O3/c1-23(20(21)22-25)12-6-11-19(24)26-13-18-16-9-4-2-7-14(16)15-8-3-5-10-17(15)18/h2-5,7-10,18,25H,6,11-13H2,1H3,(H2,21,22). The van der Waals surface area contributed by atoms with Crippen molar-refractivity contribution >= 4 is 11.9 Å². The van der Waals surface area contributed by atoms with Gasteiger partial charge in [-0.15, -0.1) is 0 Å². The summed E-state index contributed by atoms with van der Waals surface area (Å²) in [5, 5.41) is 11.5. The number of hydrogen-bond donors (Lipinski definition) is 2. The summed E-state index contributed by atoms with van der Waals surface area (Å²) in [7, 11) is 1.70. The highest BCUT2D eigenvalue weighted by atomic mass is 16.5. The molecule has 2 aromatic carbocycles. The Morgan fingerprint density at radius 2 is 1.73 bits per heavy atom. The van der Waals surface area contributed by atoms with Gasteiger partial charge < -0.3 is 20.6 Å². The van der Waals surface area contributed by atoms with Gasteiger partial charge in [0.25, 0.3) is 0 Å². The van der Waals surface area contributed by atoms with Gasteiger partial charge in [-0.2, -0.15) is 0 Å². The van der Waals surface area contributed by atoms with Crippen LogP contribution in [0.1, 0.15) is 29.9 Å². The van der Waals surface area contributed by atoms with Crippen molar-refractivity contribution in [3.8, 4) is 11.1 Å². The van der Waals surface area contributed by atoms with E-state index in [4.69, 9.17) is 15.7 Å². The number of carbonyl (C=O) groups is 1. The molecule has 0 atom stereocenters. The van der Waals surface area contributed by atoms with E-state index in [9.17, 15) is 4.79 Å². The lowest BCUT2D eigenvalue weighted by molar-refractivity contribution is -0.144. The Balaban J connectivity index is 1.57. The molecule has 3 rings (SSSR count). The van der Waals surface area contributed by atoms with Gasteiger partial charge in [-0.1, -0.05) is 53.7 Å². The average molecular weight is 353 g/mol. The summed E-state index contributed by atoms with van der Waals surface area (Å²) in [5.74, 6) is -0.136. The van der Waals surface area contributed by atoms with Crippen molar-refractivity contribution < 1.29 is 14.7 Å². The van der Waals surface area contributed by atoms with Gasteiger partial charge in [0, 0.05) is 25.9 Å². The summed E-state index contributed by atoms with van der Waals surface area (Å²) in [6.45, 7) is 0.850. The molecule has 0 radical (unpaired) electrons. The summed E-state index contributed by atoms with van der Waals surface area (Å²) in [6, 6.07) is 16.5. The largest absolute Gasteiger partial charge is 0.465 e. The van der Waals surface area contributed by atoms with Crippen molar-refractivity contribution in [2.75, 3.05) is 20.2 Å². The van der Waals surface area contributed by atoms with E-state index >= 15 is 0 Å². The Hall–Kier alpha value is -3.02. The van der Waals surface area contributed by atoms with Crippen LogP contribution in [-0.2, 0) is 9.53 Å². The van der Waals surface area contributed by atoms with E-state index in [1.165, 1.54) is 22.3 Å². The Kier molecular flexibility index (Phi) is 5.41. The Morgan fingerprint density at radius 1 is 1.15 bits per heavy atom. The van der Waals surface area contributed by atoms with E-state index in [0.717, 1.165) is 0 Å². The number of guanidine groups is 1. The molecule has 1 aliphatic rings. The predicted octanol–water partition coefficient (Wildman–Crippen LogP) is 2.76. The topological polar surface area (TPSA) is 88.2 Å². The fourth-order valence-corrected chi connectivity index (χ4v) is 3.34. The second-order valence-corrected chi connectivity index (χ2v) is 6.39. The summed E-state index contributed by atoms with van der Waals surface area (Å²) >= 11 is 0. The number of rotatable bonds is 6. The highest BCUT2D eigenvalue weighted by Crippen LogP contribution is 2.44. The van der Waals surface area contributed by atoms with Gasteiger partial charge in [-0.3, -0.25) is 4.79 Å². The fraction of sp³-hybridized carbons (Fsp3) is 0.300. The highest BCUT2D eigenvalue weighted by Gasteiger charge is 2.28. The molecule has 0 aliphatic heterocycles. The summed E-state index contributed by atoms with van der Waals surface area (Å²) in [5.41, 5.74) is 10.3. The van der Waals surface area contributed by atoms with Crippen molar-refractivity contribution in [3.05, 3.63) is 59.7 Å². The van der Waals surface area contributed by atoms with Crippen LogP contribution >= 0.6 is 0 Å². The smallest absolute Gasteiger partial charge is 0.305 e. The normalized spacial score (nSPS) is 13.2. The van der Waals surface area contributed by atoms with Crippen LogP contribution in [-0.4, -0.2) is 42.2 Å². The van der Waals surface area contributed by atoms with E-state index in [0.29, 0.717) is 26.0 Å². The van der Waals surface area contributed by atoms with Crippen molar-refractivity contribution in [2.45, 2.75) is 18.8 Å². The second-order valence-electron chi connectivity index (χ2n) is 6.39. The Labute approximate surface area is 152 Å². The van der Waals surface area contributed by atoms with Crippen molar-refractivity contribution in [2.24, 2.45) is 10.9 Å². The first-order valence-corrected chi connectivity index (χ1v) is 8.64. The summed E-state index contributed by atoms with van der Waals surface area (Å²) in [4.78, 5) is 13.7. The molecule has 26 heavy (non-hydrogen) atoms. The number of nitrogens with two attached hydrogens (primary N) is 1. The maximum absolute atomic E-state index is 12.1. The molecular weight excluding hydrogens is 330 g/mol. The molecule has 6 nitrogen and oxygen atoms in total. The molecule has 136 valence electrons. The van der Waals surface area contributed by atoms with Gasteiger partial charge in [-0.25, -0.2) is 0 Å². The van der Waals surface area contributed by atoms with Crippen LogP contribution in [0.4, 0.5) is 0 Å². The van der Waals surface area contributed by atoms with E-state index in [1.54, 1.807) is 11.9 Å². The number of ether oxygens (including phenoxy) is 1. The molecule has 3 N–H and O–H groups in total. The maximum atomic E-state index is 12.1. The van der Waals surface area contributed by atoms with Crippen molar-refractivity contribution in [1.29, 1.82) is 0 Å². The van der Waals surface area contributed by atoms with E-state index in [2.05, 4.69) is 29.4 Å². The van der Waals surface area contributed by atoms with Gasteiger partial charge in [0.2, 0.25) is 5.96 Å². The molecule has 0 spiro atoms. The molecule has 0 aromatic heterocycles. The first-order valence-electron chi connectivity index (χ1n) is 8.64. The van der Waals surface area contributed by atoms with E-state index in [1.807, 2.05) is 24.3 Å². The maximum Gasteiger partial charge on any atom is 0.305 e. The molecule has 0 heterocycles. The minimum atomic E-state index is -0.236. The molecule has 0 saturated heterocycles. The third-order valence-corrected chi connectivity index (χ3v) is 4.74. The van der Waals surface area contributed by atoms with Crippen LogP contribution in [0.15, 0.2) is 53.7 Å². The van der Waals surface area contributed by atoms with Crippen LogP contribution in [0, 0.1) is 0 Å². The molecule has 0 amide bonds. The first kappa shape index (κ1) is 17.8. The number of benzene rings is 2. The lowest BCUT2D eigenvalue weighted by Crippen LogP contribution is -2.34. The number of esters is 1. The minimum Gasteiger partial charge on any atom is -0.465 e. The molecule has 2 aromatic rings. The van der Waals surface area contributed by atoms with Gasteiger partial charge in [0.1, 0.15) is 6.61 Å². The molecule has 0 fully saturated rings. The Bertz CT molecular complexity index is 774. The third-order valence-electron chi connectivity index (χ3n) is 4.74. The fourth-order valence-electron chi connectivity index (χ4n) is 3.34. The average Bonchev–Trinajstić information content (AvgIpc) is 2.99. The monoisotopic (exact) mass is 353 g/mol. The number of nitrogens with zero attached hydrogens (tertiary/aromatic N) is 2. The quantitative estimate of drug-likeness (QED) is 0.274. The minimum absolute atomic E-state index is 0.0255. The van der Waals surface area contributed by atoms with E-state index < -0.39 is 0 Å². The zero-order chi connectivity index (χ0) is 18.5. The number of hydrogen-bond acceptors (Lipinski definition) is 4. The second kappa shape index (κ2) is 7.91. The molecule has 0 unspecified atom stereocenters. The number of oxime groups is 1. The molecule has 0 bridgehead atoms. The lowest BCUT2D eigenvalue weighted by atomic mass is 9.98. The van der Waals surface area contributed by atoms with Crippen LogP contribution in [0.25, 0.3) is 11.1 Å². The third kappa shape index (κ3) is 3.64. The van der Waals surface area contributed by atoms with Crippen LogP contribution in [0.2, 0.25) is 0 Å². The lowest BCUT2D eigenvalue weighted by Gasteiger charge is -2.17. The molecule has 1 aliphatic carbocycles. The van der Waals surface area contributed by atoms with E-state index in [-0.39, 0.29) is 17.8 Å². The van der Waals surface area contributed by atoms with Gasteiger partial charge in [0.05, 0.1) is 0 Å². The SMILES string of the molecule is CN(CCCC(=O)OCC1c2ccccc2-c2ccccc21)/C(N)=N/O. The van der Waals surface area contributed by atoms with Crippen LogP contribution in [0.3, 0.4) is 0 Å². The molecule has 0 saturated carbocycles. The number of carbonyl (C=O) groups excluding carboxylic acids is 1. The predicted molar refractivity (Wildman–Crippen MR) is 100.0 cm³/mol. The van der Waals surface area contributed by atoms with Gasteiger partial charge in [-0.05, 0) is 28.7 Å². The number of fused-ring (bicyclic) bond motifs is 3. The van der Waals surface area contributed by atoms with Gasteiger partial charge in [0.15, 0.2) is 0 Å². The van der Waals surface area contributed by atoms with Crippen molar-refractivity contribution in [1.82, 2.24) is 4.90 Å². The summed E-state index contributed by atoms with van der Waals surface area (Å²) in [6.07, 6.45) is 0.864. The zero-order valence-electron chi connectivity index (χ0n) is 14.8. The van der Waals surface area contributed by atoms with Gasteiger partial charge >= 0.3 is 5.97 Å². The van der Waals surface area contributed by atoms with Crippen LogP contribution < -0.4 is 5.73 Å². The highest BCUT2D eigenvalue weighted by molar-refractivity contribution is 5.79.